The molecule has 1 aromatic rings. The van der Waals surface area contributed by atoms with Crippen molar-refractivity contribution in [3.63, 3.8) is 0 Å². The van der Waals surface area contributed by atoms with E-state index in [0.29, 0.717) is 12.6 Å². The number of halogens is 1. The number of rotatable bonds is 5. The molecule has 1 fully saturated rings. The second-order valence-electron chi connectivity index (χ2n) is 5.67. The summed E-state index contributed by atoms with van der Waals surface area (Å²) in [4.78, 5) is 14.4. The van der Waals surface area contributed by atoms with E-state index in [9.17, 15) is 4.79 Å². The maximum absolute atomic E-state index is 12.1. The molecule has 0 radical (unpaired) electrons. The molecule has 0 bridgehead atoms. The number of nitrogens with one attached hydrogen (secondary N) is 2. The van der Waals surface area contributed by atoms with Crippen LogP contribution < -0.4 is 10.6 Å². The minimum Gasteiger partial charge on any atom is -0.325 e. The Bertz CT molecular complexity index is 479. The average molecular weight is 312 g/mol. The van der Waals surface area contributed by atoms with Gasteiger partial charge in [-0.3, -0.25) is 9.69 Å². The van der Waals surface area contributed by atoms with E-state index in [1.54, 1.807) is 0 Å². The van der Waals surface area contributed by atoms with Crippen molar-refractivity contribution < 1.29 is 4.79 Å². The molecular weight excluding hydrogens is 286 g/mol. The molecule has 5 heteroatoms. The van der Waals surface area contributed by atoms with Gasteiger partial charge in [0.2, 0.25) is 5.91 Å². The fraction of sp³-hybridized carbons (Fsp3) is 0.562. The van der Waals surface area contributed by atoms with Gasteiger partial charge in [0.25, 0.3) is 0 Å². The predicted octanol–water partition coefficient (Wildman–Crippen LogP) is 2.35. The number of likely N-dealkylation sites (N-methyl/N-ethyl adjacent to an activating group) is 1. The standard InChI is InChI=1S/C16H25N3O.ClH/c1-12-6-7-14(9-13(12)2)18-16(20)11-19-8-4-5-15(19)10-17-3;/h6-7,9,15,17H,4-5,8,10-11H2,1-3H3,(H,18,20);1H. The van der Waals surface area contributed by atoms with Crippen molar-refractivity contribution in [2.24, 2.45) is 0 Å². The van der Waals surface area contributed by atoms with Crippen molar-refractivity contribution in [2.75, 3.05) is 32.0 Å². The molecule has 0 aromatic heterocycles. The second kappa shape index (κ2) is 8.37. The summed E-state index contributed by atoms with van der Waals surface area (Å²) < 4.78 is 0. The molecule has 4 nitrogen and oxygen atoms in total. The normalized spacial score (nSPS) is 18.3. The van der Waals surface area contributed by atoms with Crippen LogP contribution in [0.1, 0.15) is 24.0 Å². The van der Waals surface area contributed by atoms with Gasteiger partial charge in [-0.15, -0.1) is 12.4 Å². The Morgan fingerprint density at radius 1 is 1.33 bits per heavy atom. The van der Waals surface area contributed by atoms with E-state index in [0.717, 1.165) is 18.8 Å². The first-order valence-corrected chi connectivity index (χ1v) is 7.36. The van der Waals surface area contributed by atoms with E-state index in [-0.39, 0.29) is 18.3 Å². The molecule has 1 aromatic carbocycles. The number of anilines is 1. The van der Waals surface area contributed by atoms with E-state index < -0.39 is 0 Å². The smallest absolute Gasteiger partial charge is 0.238 e. The molecule has 0 spiro atoms. The SMILES string of the molecule is CNCC1CCCN1CC(=O)Nc1ccc(C)c(C)c1.Cl. The Kier molecular flexibility index (Phi) is 7.15. The van der Waals surface area contributed by atoms with Crippen LogP contribution in [0.5, 0.6) is 0 Å². The Balaban J connectivity index is 0.00000220. The van der Waals surface area contributed by atoms with Gasteiger partial charge in [0, 0.05) is 18.3 Å². The van der Waals surface area contributed by atoms with Gasteiger partial charge in [-0.25, -0.2) is 0 Å². The minimum absolute atomic E-state index is 0. The molecule has 2 rings (SSSR count). The fourth-order valence-corrected chi connectivity index (χ4v) is 2.77. The molecular formula is C16H26ClN3O. The van der Waals surface area contributed by atoms with Crippen LogP contribution in [0.2, 0.25) is 0 Å². The summed E-state index contributed by atoms with van der Waals surface area (Å²) >= 11 is 0. The summed E-state index contributed by atoms with van der Waals surface area (Å²) in [6.45, 7) is 6.60. The first kappa shape index (κ1) is 18.0. The van der Waals surface area contributed by atoms with Crippen molar-refractivity contribution in [3.05, 3.63) is 29.3 Å². The maximum Gasteiger partial charge on any atom is 0.238 e. The number of aryl methyl sites for hydroxylation is 2. The van der Waals surface area contributed by atoms with E-state index in [4.69, 9.17) is 0 Å². The van der Waals surface area contributed by atoms with Crippen molar-refractivity contribution in [3.8, 4) is 0 Å². The van der Waals surface area contributed by atoms with Gasteiger partial charge in [-0.1, -0.05) is 6.07 Å². The van der Waals surface area contributed by atoms with Crippen molar-refractivity contribution in [1.29, 1.82) is 0 Å². The van der Waals surface area contributed by atoms with Crippen LogP contribution in [0.15, 0.2) is 18.2 Å². The third-order valence-electron chi connectivity index (χ3n) is 4.08. The third-order valence-corrected chi connectivity index (χ3v) is 4.08. The van der Waals surface area contributed by atoms with Crippen LogP contribution >= 0.6 is 12.4 Å². The van der Waals surface area contributed by atoms with Crippen LogP contribution in [0.4, 0.5) is 5.69 Å². The number of hydrogen-bond acceptors (Lipinski definition) is 3. The molecule has 1 aliphatic rings. The minimum atomic E-state index is 0. The Morgan fingerprint density at radius 2 is 2.10 bits per heavy atom. The van der Waals surface area contributed by atoms with Crippen LogP contribution in [0.3, 0.4) is 0 Å². The largest absolute Gasteiger partial charge is 0.325 e. The van der Waals surface area contributed by atoms with E-state index >= 15 is 0 Å². The number of nitrogens with zero attached hydrogens (tertiary/aromatic N) is 1. The third kappa shape index (κ3) is 4.99. The number of amides is 1. The zero-order chi connectivity index (χ0) is 14.5. The molecule has 0 aliphatic carbocycles. The number of hydrogen-bond donors (Lipinski definition) is 2. The molecule has 1 unspecified atom stereocenters. The van der Waals surface area contributed by atoms with Gasteiger partial charge < -0.3 is 10.6 Å². The first-order chi connectivity index (χ1) is 9.60. The summed E-state index contributed by atoms with van der Waals surface area (Å²) in [5, 5.41) is 6.20. The maximum atomic E-state index is 12.1. The monoisotopic (exact) mass is 311 g/mol. The summed E-state index contributed by atoms with van der Waals surface area (Å²) in [5.74, 6) is 0.0799. The van der Waals surface area contributed by atoms with Crippen LogP contribution in [0, 0.1) is 13.8 Å². The molecule has 118 valence electrons. The van der Waals surface area contributed by atoms with Crippen LogP contribution in [-0.4, -0.2) is 43.5 Å². The second-order valence-corrected chi connectivity index (χ2v) is 5.67. The fourth-order valence-electron chi connectivity index (χ4n) is 2.77. The molecule has 0 saturated carbocycles. The molecule has 2 N–H and O–H groups in total. The van der Waals surface area contributed by atoms with Gasteiger partial charge >= 0.3 is 0 Å². The van der Waals surface area contributed by atoms with Crippen molar-refractivity contribution in [1.82, 2.24) is 10.2 Å². The lowest BCUT2D eigenvalue weighted by molar-refractivity contribution is -0.117. The summed E-state index contributed by atoms with van der Waals surface area (Å²) in [7, 11) is 1.96. The topological polar surface area (TPSA) is 44.4 Å². The van der Waals surface area contributed by atoms with Crippen LogP contribution in [-0.2, 0) is 4.79 Å². The Morgan fingerprint density at radius 3 is 2.76 bits per heavy atom. The Hall–Kier alpha value is -1.10. The quantitative estimate of drug-likeness (QED) is 0.877. The highest BCUT2D eigenvalue weighted by atomic mass is 35.5. The lowest BCUT2D eigenvalue weighted by atomic mass is 10.1. The highest BCUT2D eigenvalue weighted by Crippen LogP contribution is 2.17. The molecule has 21 heavy (non-hydrogen) atoms. The molecule has 1 atom stereocenters. The van der Waals surface area contributed by atoms with Gasteiger partial charge in [-0.2, -0.15) is 0 Å². The van der Waals surface area contributed by atoms with Gasteiger partial charge in [0.15, 0.2) is 0 Å². The van der Waals surface area contributed by atoms with Crippen molar-refractivity contribution >= 4 is 24.0 Å². The van der Waals surface area contributed by atoms with Crippen LogP contribution in [0.25, 0.3) is 0 Å². The number of benzene rings is 1. The van der Waals surface area contributed by atoms with Gasteiger partial charge in [0.05, 0.1) is 6.54 Å². The first-order valence-electron chi connectivity index (χ1n) is 7.36. The van der Waals surface area contributed by atoms with Gasteiger partial charge in [0.1, 0.15) is 0 Å². The molecule has 1 heterocycles. The van der Waals surface area contributed by atoms with E-state index in [1.165, 1.54) is 24.0 Å². The molecule has 1 saturated heterocycles. The highest BCUT2D eigenvalue weighted by Gasteiger charge is 2.25. The lowest BCUT2D eigenvalue weighted by Crippen LogP contribution is -2.41. The molecule has 1 amide bonds. The molecule has 1 aliphatic heterocycles. The highest BCUT2D eigenvalue weighted by molar-refractivity contribution is 5.92. The van der Waals surface area contributed by atoms with Crippen molar-refractivity contribution in [2.45, 2.75) is 32.7 Å². The summed E-state index contributed by atoms with van der Waals surface area (Å²) in [6, 6.07) is 6.54. The zero-order valence-corrected chi connectivity index (χ0v) is 13.9. The Labute approximate surface area is 133 Å². The number of likely N-dealkylation sites (tertiary alicyclic amines) is 1. The average Bonchev–Trinajstić information content (AvgIpc) is 2.82. The van der Waals surface area contributed by atoms with Gasteiger partial charge in [-0.05, 0) is 63.5 Å². The summed E-state index contributed by atoms with van der Waals surface area (Å²) in [6.07, 6.45) is 2.36. The number of carbonyl (C=O) groups excluding carboxylic acids is 1. The number of carbonyl (C=O) groups is 1. The predicted molar refractivity (Wildman–Crippen MR) is 90.3 cm³/mol. The lowest BCUT2D eigenvalue weighted by Gasteiger charge is -2.23. The van der Waals surface area contributed by atoms with E-state index in [1.807, 2.05) is 25.2 Å². The van der Waals surface area contributed by atoms with E-state index in [2.05, 4.69) is 29.4 Å². The zero-order valence-electron chi connectivity index (χ0n) is 13.1. The summed E-state index contributed by atoms with van der Waals surface area (Å²) in [5.41, 5.74) is 3.34.